The smallest absolute Gasteiger partial charge is 0.407 e. The minimum Gasteiger partial charge on any atom is -0.508 e. The summed E-state index contributed by atoms with van der Waals surface area (Å²) in [6, 6.07) is 4.45. The lowest BCUT2D eigenvalue weighted by Gasteiger charge is -2.42. The molecule has 5 aliphatic rings. The molecule has 1 aromatic carbocycles. The number of Topliss-reactive ketones (excluding diaryl/α,β-unsaturated/α-hetero) is 3. The SMILES string of the molecule is CO[C@H]1C[C@@H]2CC[C@@H](C)[C@@](O)(O2)C(=O)C(=O)N2CCCC[C@H]2C(=O)O[C@H]([C@H](N)C[C@@H]2CC[C@H](n3cc(COC(=O)NCCOCCOCCOCCC(=O)NCc4cnc(N5CCN(c6ncc(C(=O)NCCCCn7nc(-c8cc9cc(O)ccc9[nH]8)c8c(N)ncnc87)cn6)CC5)nc4)nn3)[C@H](OC)C2)CC(=O)[C@H](C)/C=C(\C)[C@@H](O)[C@@H](O)C(=O)[C@H](C)C[C@H](C)/C=C/C=C/C=C/1C. The fourth-order valence-electron chi connectivity index (χ4n) is 17.6. The number of ether oxygens (including phenoxy) is 8. The van der Waals surface area contributed by atoms with Crippen molar-refractivity contribution in [2.24, 2.45) is 35.3 Å². The Hall–Kier alpha value is -11.5. The van der Waals surface area contributed by atoms with Gasteiger partial charge in [-0.1, -0.05) is 69.4 Å². The predicted molar refractivity (Wildman–Crippen MR) is 488 cm³/mol. The molecule has 0 spiro atoms. The molecule has 1 saturated carbocycles. The monoisotopic (exact) mass is 1840 g/mol. The van der Waals surface area contributed by atoms with E-state index in [4.69, 9.17) is 54.5 Å². The van der Waals surface area contributed by atoms with Gasteiger partial charge in [-0.15, -0.1) is 5.10 Å². The maximum atomic E-state index is 14.7. The second-order valence-corrected chi connectivity index (χ2v) is 35.2. The number of piperazine rings is 1. The van der Waals surface area contributed by atoms with Gasteiger partial charge in [0.1, 0.15) is 66.0 Å². The number of piperidine rings is 1. The molecule has 12 rings (SSSR count). The number of phenols is 1. The fraction of sp³-hybridized carbons (Fsp3) is 0.581. The normalized spacial score (nSPS) is 26.4. The van der Waals surface area contributed by atoms with E-state index in [1.165, 1.54) is 31.7 Å². The number of carbonyl (C=O) groups excluding carboxylic acids is 8. The largest absolute Gasteiger partial charge is 0.508 e. The molecule has 0 unspecified atom stereocenters. The Morgan fingerprint density at radius 1 is 0.752 bits per heavy atom. The number of nitrogens with one attached hydrogen (secondary N) is 4. The van der Waals surface area contributed by atoms with Crippen LogP contribution in [0.15, 0.2) is 109 Å². The van der Waals surface area contributed by atoms with Crippen molar-refractivity contribution >= 4 is 86.8 Å². The molecule has 6 aromatic heterocycles. The number of alkyl carbamates (subject to hydrolysis) is 1. The lowest BCUT2D eigenvalue weighted by Crippen LogP contribution is -2.61. The molecule has 1 aliphatic carbocycles. The summed E-state index contributed by atoms with van der Waals surface area (Å²) in [5, 5.41) is 68.1. The van der Waals surface area contributed by atoms with Crippen LogP contribution in [-0.4, -0.2) is 286 Å². The number of methoxy groups -OCH3 is 2. The minimum absolute atomic E-state index is 0.00421. The van der Waals surface area contributed by atoms with Crippen LogP contribution >= 0.6 is 0 Å². The van der Waals surface area contributed by atoms with Gasteiger partial charge in [-0.2, -0.15) is 5.10 Å². The first-order valence-corrected chi connectivity index (χ1v) is 46.0. The van der Waals surface area contributed by atoms with Crippen LogP contribution in [0.4, 0.5) is 22.5 Å². The fourth-order valence-corrected chi connectivity index (χ4v) is 17.6. The number of nitrogens with zero attached hydrogens (tertiary/aromatic N) is 14. The number of aliphatic hydroxyl groups excluding tert-OH is 2. The van der Waals surface area contributed by atoms with Crippen molar-refractivity contribution in [3.8, 4) is 17.1 Å². The molecule has 4 aliphatic heterocycles. The van der Waals surface area contributed by atoms with E-state index < -0.39 is 114 Å². The van der Waals surface area contributed by atoms with Crippen molar-refractivity contribution in [2.75, 3.05) is 115 Å². The van der Waals surface area contributed by atoms with Gasteiger partial charge in [0.25, 0.3) is 17.6 Å². The molecule has 4 fully saturated rings. The summed E-state index contributed by atoms with van der Waals surface area (Å²) < 4.78 is 50.1. The second kappa shape index (κ2) is 48.4. The number of anilines is 3. The molecule has 3 saturated heterocycles. The highest BCUT2D eigenvalue weighted by molar-refractivity contribution is 6.39. The Labute approximate surface area is 772 Å². The Balaban J connectivity index is 0.512. The number of unbranched alkanes of at least 4 members (excludes halogenated alkanes) is 1. The van der Waals surface area contributed by atoms with E-state index in [2.05, 4.69) is 66.1 Å². The van der Waals surface area contributed by atoms with Crippen molar-refractivity contribution in [2.45, 2.75) is 218 Å². The number of aromatic amines is 1. The van der Waals surface area contributed by atoms with Gasteiger partial charge in [0.05, 0.1) is 86.8 Å². The first-order valence-electron chi connectivity index (χ1n) is 46.0. The summed E-state index contributed by atoms with van der Waals surface area (Å²) in [7, 11) is 3.12. The van der Waals surface area contributed by atoms with Gasteiger partial charge in [-0.25, -0.2) is 48.9 Å². The van der Waals surface area contributed by atoms with Crippen LogP contribution in [0.2, 0.25) is 0 Å². The Morgan fingerprint density at radius 3 is 2.20 bits per heavy atom. The molecule has 15 atom stereocenters. The number of hydrogen-bond donors (Lipinski definition) is 10. The number of rotatable bonds is 31. The quantitative estimate of drug-likeness (QED) is 0.00977. The third kappa shape index (κ3) is 27.2. The highest BCUT2D eigenvalue weighted by Gasteiger charge is 2.53. The molecule has 10 heterocycles. The van der Waals surface area contributed by atoms with Crippen LogP contribution in [0.1, 0.15) is 166 Å². The van der Waals surface area contributed by atoms with Crippen LogP contribution in [0.3, 0.4) is 0 Å². The molecule has 2 bridgehead atoms. The van der Waals surface area contributed by atoms with E-state index in [0.717, 1.165) is 32.6 Å². The zero-order valence-corrected chi connectivity index (χ0v) is 77.0. The molecular weight excluding hydrogens is 1720 g/mol. The summed E-state index contributed by atoms with van der Waals surface area (Å²) in [4.78, 5) is 146. The van der Waals surface area contributed by atoms with Crippen LogP contribution in [0.5, 0.6) is 5.75 Å². The Morgan fingerprint density at radius 2 is 1.47 bits per heavy atom. The second-order valence-electron chi connectivity index (χ2n) is 35.2. The van der Waals surface area contributed by atoms with Gasteiger partial charge in [-0.05, 0) is 138 Å². The number of aryl methyl sites for hydroxylation is 1. The maximum Gasteiger partial charge on any atom is 0.407 e. The number of amides is 4. The molecule has 720 valence electrons. The van der Waals surface area contributed by atoms with E-state index in [-0.39, 0.29) is 133 Å². The van der Waals surface area contributed by atoms with Crippen LogP contribution in [0, 0.1) is 29.6 Å². The number of nitrogens with two attached hydrogens (primary N) is 2. The molecule has 7 aromatic rings. The molecule has 12 N–H and O–H groups in total. The number of H-pyrrole nitrogens is 1. The molecular formula is C93H128N20O20. The van der Waals surface area contributed by atoms with Crippen molar-refractivity contribution in [1.82, 2.24) is 80.5 Å². The topological polar surface area (TPSA) is 531 Å². The van der Waals surface area contributed by atoms with Gasteiger partial charge >= 0.3 is 12.1 Å². The number of esters is 1. The van der Waals surface area contributed by atoms with Crippen molar-refractivity contribution in [1.29, 1.82) is 0 Å². The number of nitrogen functional groups attached to an aromatic ring is 1. The third-order valence-corrected chi connectivity index (χ3v) is 25.4. The van der Waals surface area contributed by atoms with Gasteiger partial charge in [-0.3, -0.25) is 28.8 Å². The number of carbonyl (C=O) groups is 8. The van der Waals surface area contributed by atoms with E-state index in [0.29, 0.717) is 149 Å². The summed E-state index contributed by atoms with van der Waals surface area (Å²) in [5.74, 6) is -8.22. The van der Waals surface area contributed by atoms with Crippen LogP contribution in [-0.2, 0) is 86.4 Å². The number of benzene rings is 1. The van der Waals surface area contributed by atoms with Crippen LogP contribution in [0.25, 0.3) is 33.3 Å². The summed E-state index contributed by atoms with van der Waals surface area (Å²) in [6.45, 7) is 15.3. The molecule has 133 heavy (non-hydrogen) atoms. The average Bonchev–Trinajstić information content (AvgIpc) is 1.65. The van der Waals surface area contributed by atoms with Crippen LogP contribution < -0.4 is 37.2 Å². The number of aliphatic hydroxyl groups is 3. The van der Waals surface area contributed by atoms with Crippen molar-refractivity contribution in [3.63, 3.8) is 0 Å². The standard InChI is InChI=1S/C93H128N20O20/c1-56-16-10-9-11-17-57(2)75(126-7)46-68-22-19-61(6)93(125,133-68)84(120)88(122)111-28-14-12-18-73(111)89(123)132-76(47-74(115)58(3)41-60(5)82(118)83(119)81(117)59(4)40-56)69(94)42-62-20-24-72(77(43-62)127-8)113-53-66(106-108-113)54-131-92(124)97-27-35-129-37-39-130-38-36-128-34-25-78(116)98-48-63-49-99-90(100-50-63)109-30-32-110(33-31-109)91-101-51-65(52-102-91)87(121)96-26-13-15-29-112-86-79(85(95)103-55-104-86)80(107-112)71-45-64-44-67(114)21-23-70(64)105-71/h9-11,16-17,21,23,41,44-45,49-53,55-56,58-59,61-62,68-69,72-73,75-77,82-83,105,114,118-119,125H,12-15,18-20,22,24-40,42-43,46-48,54,94H2,1-8H3,(H,96,121)(H,97,124)(H,98,116)(H2,95,103,104)/b11-9+,16-10+,57-17+,60-41+/t56-,58-,59-,61-,62+,68+,69-,72+,73+,75+,76+,77-,82-,83+,93-/m1/s1. The first-order chi connectivity index (χ1) is 64.1. The van der Waals surface area contributed by atoms with Gasteiger partial charge in [0, 0.05) is 157 Å². The van der Waals surface area contributed by atoms with E-state index in [1.807, 2.05) is 55.2 Å². The third-order valence-electron chi connectivity index (χ3n) is 25.4. The number of allylic oxidation sites excluding steroid dienone is 6. The van der Waals surface area contributed by atoms with Gasteiger partial charge < -0.3 is 105 Å². The van der Waals surface area contributed by atoms with Crippen molar-refractivity contribution in [3.05, 3.63) is 126 Å². The Kier molecular flexibility index (Phi) is 36.6. The highest BCUT2D eigenvalue weighted by atomic mass is 16.6. The van der Waals surface area contributed by atoms with E-state index in [1.54, 1.807) is 81.1 Å². The number of fused-ring (bicyclic) bond motifs is 5. The van der Waals surface area contributed by atoms with E-state index in [9.17, 15) is 58.8 Å². The molecule has 0 radical (unpaired) electrons. The predicted octanol–water partition coefficient (Wildman–Crippen LogP) is 6.36. The average molecular weight is 1850 g/mol. The molecule has 40 heteroatoms. The van der Waals surface area contributed by atoms with Gasteiger partial charge in [0.2, 0.25) is 23.6 Å². The van der Waals surface area contributed by atoms with Crippen molar-refractivity contribution < 1.29 is 96.7 Å². The number of aromatic hydroxyl groups is 1. The summed E-state index contributed by atoms with van der Waals surface area (Å²) in [5.41, 5.74) is 18.6. The Bertz CT molecular complexity index is 5210. The highest BCUT2D eigenvalue weighted by Crippen LogP contribution is 2.40. The zero-order chi connectivity index (χ0) is 94.8. The number of ketones is 3. The minimum atomic E-state index is -2.52. The summed E-state index contributed by atoms with van der Waals surface area (Å²) in [6.07, 6.45) is 18.8. The zero-order valence-electron chi connectivity index (χ0n) is 77.0. The van der Waals surface area contributed by atoms with Gasteiger partial charge in [0.15, 0.2) is 11.4 Å². The molecule has 40 nitrogen and oxygen atoms in total. The number of phenolic OH excluding ortho intramolecular Hbond substituents is 1. The number of hydrogen-bond acceptors (Lipinski definition) is 33. The summed E-state index contributed by atoms with van der Waals surface area (Å²) >= 11 is 0. The van der Waals surface area contributed by atoms with E-state index >= 15 is 0 Å². The maximum absolute atomic E-state index is 14.7. The first kappa shape index (κ1) is 101. The number of cyclic esters (lactones) is 1. The lowest BCUT2D eigenvalue weighted by atomic mass is 9.79. The molecule has 4 amide bonds. The lowest BCUT2D eigenvalue weighted by molar-refractivity contribution is -0.265. The number of aromatic nitrogens is 12.